The molecule has 0 atom stereocenters. The standard InChI is InChI=1S/C24H23NO2/c1-3-18-10-13-23-21(16-18)24(26)20-6-4-5-7-22(20)25(23)14-15-27-19-11-8-17(2)9-12-19/h4-13,16H,3,14-15H2,1-2H3. The predicted molar refractivity (Wildman–Crippen MR) is 112 cm³/mol. The van der Waals surface area contributed by atoms with Crippen molar-refractivity contribution in [1.29, 1.82) is 0 Å². The maximum atomic E-state index is 13.0. The van der Waals surface area contributed by atoms with Crippen LogP contribution in [0.1, 0.15) is 18.1 Å². The summed E-state index contributed by atoms with van der Waals surface area (Å²) in [6.45, 7) is 5.39. The minimum Gasteiger partial charge on any atom is -0.492 e. The van der Waals surface area contributed by atoms with Gasteiger partial charge in [0.1, 0.15) is 12.4 Å². The number of hydrogen-bond acceptors (Lipinski definition) is 2. The van der Waals surface area contributed by atoms with Gasteiger partial charge in [-0.3, -0.25) is 4.79 Å². The summed E-state index contributed by atoms with van der Waals surface area (Å²) in [5.74, 6) is 0.864. The Morgan fingerprint density at radius 1 is 0.889 bits per heavy atom. The molecule has 3 nitrogen and oxygen atoms in total. The third-order valence-electron chi connectivity index (χ3n) is 5.05. The molecule has 0 radical (unpaired) electrons. The predicted octanol–water partition coefficient (Wildman–Crippen LogP) is 5.10. The fourth-order valence-corrected chi connectivity index (χ4v) is 3.53. The number of para-hydroxylation sites is 1. The summed E-state index contributed by atoms with van der Waals surface area (Å²) in [4.78, 5) is 13.0. The zero-order valence-electron chi connectivity index (χ0n) is 15.7. The van der Waals surface area contributed by atoms with Crippen molar-refractivity contribution in [2.24, 2.45) is 0 Å². The third kappa shape index (κ3) is 3.33. The molecule has 1 aromatic heterocycles. The van der Waals surface area contributed by atoms with Gasteiger partial charge >= 0.3 is 0 Å². The van der Waals surface area contributed by atoms with E-state index in [1.54, 1.807) is 0 Å². The Kier molecular flexibility index (Phi) is 4.68. The van der Waals surface area contributed by atoms with E-state index in [-0.39, 0.29) is 5.43 Å². The first kappa shape index (κ1) is 17.3. The van der Waals surface area contributed by atoms with Crippen LogP contribution < -0.4 is 10.2 Å². The highest BCUT2D eigenvalue weighted by molar-refractivity contribution is 5.93. The van der Waals surface area contributed by atoms with Gasteiger partial charge in [0, 0.05) is 10.8 Å². The van der Waals surface area contributed by atoms with Gasteiger partial charge in [0.25, 0.3) is 0 Å². The number of aromatic nitrogens is 1. The van der Waals surface area contributed by atoms with Crippen molar-refractivity contribution in [3.63, 3.8) is 0 Å². The third-order valence-corrected chi connectivity index (χ3v) is 5.05. The van der Waals surface area contributed by atoms with Gasteiger partial charge in [0.2, 0.25) is 0 Å². The molecule has 0 saturated carbocycles. The van der Waals surface area contributed by atoms with Gasteiger partial charge in [-0.15, -0.1) is 0 Å². The Labute approximate surface area is 158 Å². The lowest BCUT2D eigenvalue weighted by Gasteiger charge is -2.16. The molecule has 0 aliphatic carbocycles. The van der Waals surface area contributed by atoms with E-state index in [0.29, 0.717) is 13.2 Å². The van der Waals surface area contributed by atoms with Gasteiger partial charge in [-0.1, -0.05) is 42.8 Å². The fourth-order valence-electron chi connectivity index (χ4n) is 3.53. The molecule has 1 heterocycles. The summed E-state index contributed by atoms with van der Waals surface area (Å²) < 4.78 is 8.13. The second-order valence-electron chi connectivity index (χ2n) is 6.86. The number of nitrogens with zero attached hydrogens (tertiary/aromatic N) is 1. The van der Waals surface area contributed by atoms with E-state index in [1.165, 1.54) is 11.1 Å². The molecular formula is C24H23NO2. The van der Waals surface area contributed by atoms with Crippen LogP contribution in [-0.2, 0) is 13.0 Å². The van der Waals surface area contributed by atoms with Crippen molar-refractivity contribution in [2.45, 2.75) is 26.8 Å². The SMILES string of the molecule is CCc1ccc2c(c1)c(=O)c1ccccc1n2CCOc1ccc(C)cc1. The van der Waals surface area contributed by atoms with Crippen LogP contribution in [0.15, 0.2) is 71.5 Å². The van der Waals surface area contributed by atoms with E-state index in [0.717, 1.165) is 34.0 Å². The molecule has 0 spiro atoms. The molecule has 136 valence electrons. The summed E-state index contributed by atoms with van der Waals surface area (Å²) in [6.07, 6.45) is 0.915. The van der Waals surface area contributed by atoms with Crippen LogP contribution in [0.2, 0.25) is 0 Å². The summed E-state index contributed by atoms with van der Waals surface area (Å²) in [5, 5.41) is 1.54. The van der Waals surface area contributed by atoms with Crippen LogP contribution in [0, 0.1) is 6.92 Å². The van der Waals surface area contributed by atoms with Gasteiger partial charge < -0.3 is 9.30 Å². The number of rotatable bonds is 5. The Morgan fingerprint density at radius 2 is 1.63 bits per heavy atom. The molecule has 27 heavy (non-hydrogen) atoms. The van der Waals surface area contributed by atoms with Crippen LogP contribution in [0.5, 0.6) is 5.75 Å². The molecule has 0 fully saturated rings. The second kappa shape index (κ2) is 7.28. The van der Waals surface area contributed by atoms with Gasteiger partial charge in [-0.2, -0.15) is 0 Å². The number of pyridine rings is 1. The van der Waals surface area contributed by atoms with E-state index >= 15 is 0 Å². The highest BCUT2D eigenvalue weighted by Crippen LogP contribution is 2.21. The van der Waals surface area contributed by atoms with Crippen LogP contribution >= 0.6 is 0 Å². The second-order valence-corrected chi connectivity index (χ2v) is 6.86. The summed E-state index contributed by atoms with van der Waals surface area (Å²) in [6, 6.07) is 22.1. The number of hydrogen-bond donors (Lipinski definition) is 0. The molecule has 0 amide bonds. The molecule has 0 bridgehead atoms. The zero-order chi connectivity index (χ0) is 18.8. The van der Waals surface area contributed by atoms with Crippen LogP contribution in [0.4, 0.5) is 0 Å². The largest absolute Gasteiger partial charge is 0.492 e. The fraction of sp³-hybridized carbons (Fsp3) is 0.208. The van der Waals surface area contributed by atoms with E-state index in [2.05, 4.69) is 30.5 Å². The summed E-state index contributed by atoms with van der Waals surface area (Å²) in [7, 11) is 0. The average molecular weight is 357 g/mol. The highest BCUT2D eigenvalue weighted by Gasteiger charge is 2.11. The number of aryl methyl sites for hydroxylation is 2. The van der Waals surface area contributed by atoms with Crippen LogP contribution in [-0.4, -0.2) is 11.2 Å². The molecule has 0 N–H and O–H groups in total. The molecule has 0 aliphatic rings. The van der Waals surface area contributed by atoms with Crippen molar-refractivity contribution in [1.82, 2.24) is 4.57 Å². The minimum atomic E-state index is 0.103. The molecular weight excluding hydrogens is 334 g/mol. The van der Waals surface area contributed by atoms with Crippen molar-refractivity contribution in [2.75, 3.05) is 6.61 Å². The molecule has 4 aromatic rings. The van der Waals surface area contributed by atoms with E-state index < -0.39 is 0 Å². The first-order valence-corrected chi connectivity index (χ1v) is 9.41. The van der Waals surface area contributed by atoms with Crippen molar-refractivity contribution < 1.29 is 4.74 Å². The van der Waals surface area contributed by atoms with Gasteiger partial charge in [-0.05, 0) is 55.3 Å². The van der Waals surface area contributed by atoms with Gasteiger partial charge in [0.05, 0.1) is 17.6 Å². The van der Waals surface area contributed by atoms with E-state index in [4.69, 9.17) is 4.74 Å². The molecule has 3 aromatic carbocycles. The molecule has 0 aliphatic heterocycles. The average Bonchev–Trinajstić information content (AvgIpc) is 2.71. The number of fused-ring (bicyclic) bond motifs is 2. The smallest absolute Gasteiger partial charge is 0.197 e. The lowest BCUT2D eigenvalue weighted by molar-refractivity contribution is 0.302. The summed E-state index contributed by atoms with van der Waals surface area (Å²) in [5.41, 5.74) is 4.41. The summed E-state index contributed by atoms with van der Waals surface area (Å²) >= 11 is 0. The molecule has 0 saturated heterocycles. The number of ether oxygens (including phenoxy) is 1. The van der Waals surface area contributed by atoms with Gasteiger partial charge in [-0.25, -0.2) is 0 Å². The monoisotopic (exact) mass is 357 g/mol. The lowest BCUT2D eigenvalue weighted by Crippen LogP contribution is -2.15. The molecule has 4 rings (SSSR count). The van der Waals surface area contributed by atoms with E-state index in [1.807, 2.05) is 54.6 Å². The quantitative estimate of drug-likeness (QED) is 0.465. The van der Waals surface area contributed by atoms with E-state index in [9.17, 15) is 4.79 Å². The Morgan fingerprint density at radius 3 is 2.41 bits per heavy atom. The Bertz CT molecular complexity index is 1160. The molecule has 0 unspecified atom stereocenters. The number of benzene rings is 3. The van der Waals surface area contributed by atoms with Gasteiger partial charge in [0.15, 0.2) is 5.43 Å². The van der Waals surface area contributed by atoms with Crippen LogP contribution in [0.3, 0.4) is 0 Å². The molecule has 3 heteroatoms. The lowest BCUT2D eigenvalue weighted by atomic mass is 10.1. The minimum absolute atomic E-state index is 0.103. The van der Waals surface area contributed by atoms with Crippen molar-refractivity contribution >= 4 is 21.8 Å². The highest BCUT2D eigenvalue weighted by atomic mass is 16.5. The Balaban J connectivity index is 1.76. The first-order chi connectivity index (χ1) is 13.2. The zero-order valence-corrected chi connectivity index (χ0v) is 15.7. The Hall–Kier alpha value is -3.07. The maximum Gasteiger partial charge on any atom is 0.197 e. The van der Waals surface area contributed by atoms with Crippen LogP contribution in [0.25, 0.3) is 21.8 Å². The normalized spacial score (nSPS) is 11.2. The van der Waals surface area contributed by atoms with Crippen molar-refractivity contribution in [3.05, 3.63) is 88.1 Å². The topological polar surface area (TPSA) is 31.2 Å². The maximum absolute atomic E-state index is 13.0. The van der Waals surface area contributed by atoms with Crippen molar-refractivity contribution in [3.8, 4) is 5.75 Å². The first-order valence-electron chi connectivity index (χ1n) is 9.41.